The molecule has 7 nitrogen and oxygen atoms in total. The van der Waals surface area contributed by atoms with E-state index in [2.05, 4.69) is 5.32 Å². The van der Waals surface area contributed by atoms with Crippen LogP contribution in [0.15, 0.2) is 78.9 Å². The van der Waals surface area contributed by atoms with Gasteiger partial charge < -0.3 is 10.2 Å². The van der Waals surface area contributed by atoms with Gasteiger partial charge in [-0.2, -0.15) is 0 Å². The van der Waals surface area contributed by atoms with Crippen molar-refractivity contribution in [2.45, 2.75) is 45.7 Å². The van der Waals surface area contributed by atoms with E-state index in [1.807, 2.05) is 68.4 Å². The van der Waals surface area contributed by atoms with Crippen LogP contribution >= 0.6 is 11.6 Å². The summed E-state index contributed by atoms with van der Waals surface area (Å²) in [6, 6.07) is 23.4. The number of aryl methyl sites for hydroxylation is 1. The second-order valence-electron chi connectivity index (χ2n) is 9.53. The second-order valence-corrected chi connectivity index (χ2v) is 11.9. The number of anilines is 1. The molecule has 0 bridgehead atoms. The molecule has 0 aliphatic carbocycles. The van der Waals surface area contributed by atoms with Crippen molar-refractivity contribution in [2.24, 2.45) is 0 Å². The molecule has 0 spiro atoms. The third-order valence-corrected chi connectivity index (χ3v) is 7.74. The van der Waals surface area contributed by atoms with Gasteiger partial charge in [0.1, 0.15) is 6.04 Å². The lowest BCUT2D eigenvalue weighted by Gasteiger charge is -2.32. The highest BCUT2D eigenvalue weighted by Gasteiger charge is 2.30. The molecule has 0 saturated heterocycles. The SMILES string of the molecule is CCNC(=O)[C@@H](Cc1ccccc1)N(Cc1cccc(C)c1)C(=O)CCCN(c1cccc(Cl)c1)S(C)(=O)=O. The number of likely N-dealkylation sites (N-methyl/N-ethyl adjacent to an activating group) is 1. The first-order valence-electron chi connectivity index (χ1n) is 13.0. The number of nitrogens with one attached hydrogen (secondary N) is 1. The third-order valence-electron chi connectivity index (χ3n) is 6.31. The molecule has 0 unspecified atom stereocenters. The Morgan fingerprint density at radius 1 is 0.949 bits per heavy atom. The average molecular weight is 570 g/mol. The smallest absolute Gasteiger partial charge is 0.243 e. The number of hydrogen-bond acceptors (Lipinski definition) is 4. The van der Waals surface area contributed by atoms with Gasteiger partial charge in [0.25, 0.3) is 0 Å². The Balaban J connectivity index is 1.86. The molecule has 39 heavy (non-hydrogen) atoms. The molecule has 0 aromatic heterocycles. The Kier molecular flexibility index (Phi) is 10.9. The van der Waals surface area contributed by atoms with Crippen LogP contribution in [0, 0.1) is 6.92 Å². The maximum Gasteiger partial charge on any atom is 0.243 e. The van der Waals surface area contributed by atoms with Crippen molar-refractivity contribution in [3.8, 4) is 0 Å². The van der Waals surface area contributed by atoms with E-state index in [0.29, 0.717) is 23.7 Å². The number of amides is 2. The Morgan fingerprint density at radius 3 is 2.28 bits per heavy atom. The third kappa shape index (κ3) is 9.11. The predicted octanol–water partition coefficient (Wildman–Crippen LogP) is 4.97. The van der Waals surface area contributed by atoms with Crippen molar-refractivity contribution in [3.05, 3.63) is 101 Å². The van der Waals surface area contributed by atoms with Crippen LogP contribution < -0.4 is 9.62 Å². The van der Waals surface area contributed by atoms with E-state index in [0.717, 1.165) is 22.9 Å². The lowest BCUT2D eigenvalue weighted by Crippen LogP contribution is -2.50. The summed E-state index contributed by atoms with van der Waals surface area (Å²) in [7, 11) is -3.60. The second kappa shape index (κ2) is 14.1. The summed E-state index contributed by atoms with van der Waals surface area (Å²) >= 11 is 6.09. The van der Waals surface area contributed by atoms with Crippen molar-refractivity contribution in [2.75, 3.05) is 23.7 Å². The van der Waals surface area contributed by atoms with Crippen LogP contribution in [0.4, 0.5) is 5.69 Å². The van der Waals surface area contributed by atoms with Gasteiger partial charge >= 0.3 is 0 Å². The average Bonchev–Trinajstić information content (AvgIpc) is 2.88. The molecular weight excluding hydrogens is 534 g/mol. The zero-order valence-corrected chi connectivity index (χ0v) is 24.2. The highest BCUT2D eigenvalue weighted by molar-refractivity contribution is 7.92. The quantitative estimate of drug-likeness (QED) is 0.315. The molecule has 0 aliphatic rings. The summed E-state index contributed by atoms with van der Waals surface area (Å²) in [6.45, 7) is 4.64. The molecule has 3 rings (SSSR count). The fourth-order valence-corrected chi connectivity index (χ4v) is 5.63. The van der Waals surface area contributed by atoms with Crippen molar-refractivity contribution >= 4 is 39.1 Å². The minimum atomic E-state index is -3.60. The zero-order valence-electron chi connectivity index (χ0n) is 22.6. The number of hydrogen-bond donors (Lipinski definition) is 1. The zero-order chi connectivity index (χ0) is 28.4. The van der Waals surface area contributed by atoms with Crippen LogP contribution in [-0.4, -0.2) is 50.5 Å². The fraction of sp³-hybridized carbons (Fsp3) is 0.333. The number of benzene rings is 3. The molecule has 2 amide bonds. The standard InChI is InChI=1S/C30H36ClN3O4S/c1-4-32-30(36)28(20-24-12-6-5-7-13-24)33(22-25-14-8-11-23(2)19-25)29(35)17-10-18-34(39(3,37)38)27-16-9-15-26(31)21-27/h5-9,11-16,19,21,28H,4,10,17-18,20,22H2,1-3H3,(H,32,36)/t28-/m1/s1. The molecule has 0 saturated carbocycles. The minimum Gasteiger partial charge on any atom is -0.355 e. The Hall–Kier alpha value is -3.36. The van der Waals surface area contributed by atoms with E-state index < -0.39 is 16.1 Å². The van der Waals surface area contributed by atoms with Crippen molar-refractivity contribution in [3.63, 3.8) is 0 Å². The van der Waals surface area contributed by atoms with Gasteiger partial charge in [0.05, 0.1) is 11.9 Å². The minimum absolute atomic E-state index is 0.0725. The first kappa shape index (κ1) is 30.2. The molecule has 208 valence electrons. The predicted molar refractivity (Wildman–Crippen MR) is 157 cm³/mol. The topological polar surface area (TPSA) is 86.8 Å². The van der Waals surface area contributed by atoms with Crippen molar-refractivity contribution < 1.29 is 18.0 Å². The van der Waals surface area contributed by atoms with Crippen LogP contribution in [0.3, 0.4) is 0 Å². The first-order valence-corrected chi connectivity index (χ1v) is 15.2. The normalized spacial score (nSPS) is 12.0. The number of carbonyl (C=O) groups excluding carboxylic acids is 2. The summed E-state index contributed by atoms with van der Waals surface area (Å²) < 4.78 is 26.3. The molecule has 0 fully saturated rings. The lowest BCUT2D eigenvalue weighted by molar-refractivity contribution is -0.141. The van der Waals surface area contributed by atoms with Crippen LogP contribution in [0.1, 0.15) is 36.5 Å². The summed E-state index contributed by atoms with van der Waals surface area (Å²) in [5.74, 6) is -0.442. The molecule has 3 aromatic carbocycles. The summed E-state index contributed by atoms with van der Waals surface area (Å²) in [5.41, 5.74) is 3.36. The van der Waals surface area contributed by atoms with Gasteiger partial charge in [0, 0.05) is 37.5 Å². The van der Waals surface area contributed by atoms with Gasteiger partial charge in [-0.3, -0.25) is 13.9 Å². The van der Waals surface area contributed by atoms with Crippen LogP contribution in [0.25, 0.3) is 0 Å². The molecule has 3 aromatic rings. The van der Waals surface area contributed by atoms with Gasteiger partial charge in [-0.25, -0.2) is 8.42 Å². The van der Waals surface area contributed by atoms with E-state index in [4.69, 9.17) is 11.6 Å². The number of nitrogens with zero attached hydrogens (tertiary/aromatic N) is 2. The first-order chi connectivity index (χ1) is 18.6. The van der Waals surface area contributed by atoms with Gasteiger partial charge in [0.2, 0.25) is 21.8 Å². The Morgan fingerprint density at radius 2 is 1.64 bits per heavy atom. The van der Waals surface area contributed by atoms with E-state index in [1.54, 1.807) is 29.2 Å². The van der Waals surface area contributed by atoms with E-state index in [1.165, 1.54) is 4.31 Å². The summed E-state index contributed by atoms with van der Waals surface area (Å²) in [4.78, 5) is 28.6. The largest absolute Gasteiger partial charge is 0.355 e. The maximum absolute atomic E-state index is 13.8. The molecule has 0 aliphatic heterocycles. The Bertz CT molecular complexity index is 1370. The summed E-state index contributed by atoms with van der Waals surface area (Å²) in [6.07, 6.45) is 1.84. The van der Waals surface area contributed by atoms with Crippen molar-refractivity contribution in [1.82, 2.24) is 10.2 Å². The van der Waals surface area contributed by atoms with Gasteiger partial charge in [-0.1, -0.05) is 77.8 Å². The number of carbonyl (C=O) groups is 2. The molecule has 0 radical (unpaired) electrons. The Labute approximate surface area is 236 Å². The van der Waals surface area contributed by atoms with E-state index in [9.17, 15) is 18.0 Å². The molecule has 0 heterocycles. The number of rotatable bonds is 13. The maximum atomic E-state index is 13.8. The lowest BCUT2D eigenvalue weighted by atomic mass is 10.0. The van der Waals surface area contributed by atoms with Crippen molar-refractivity contribution in [1.29, 1.82) is 0 Å². The molecule has 9 heteroatoms. The fourth-order valence-electron chi connectivity index (χ4n) is 4.49. The monoisotopic (exact) mass is 569 g/mol. The molecule has 1 N–H and O–H groups in total. The summed E-state index contributed by atoms with van der Waals surface area (Å²) in [5, 5.41) is 3.31. The van der Waals surface area contributed by atoms with E-state index >= 15 is 0 Å². The number of halogens is 1. The van der Waals surface area contributed by atoms with Gasteiger partial charge in [0.15, 0.2) is 0 Å². The number of sulfonamides is 1. The highest BCUT2D eigenvalue weighted by atomic mass is 35.5. The van der Waals surface area contributed by atoms with Crippen LogP contribution in [0.2, 0.25) is 5.02 Å². The molecule has 1 atom stereocenters. The molecular formula is C30H36ClN3O4S. The van der Waals surface area contributed by atoms with Gasteiger partial charge in [-0.05, 0) is 49.6 Å². The van der Waals surface area contributed by atoms with Crippen LogP contribution in [0.5, 0.6) is 0 Å². The van der Waals surface area contributed by atoms with Crippen LogP contribution in [-0.2, 0) is 32.6 Å². The highest BCUT2D eigenvalue weighted by Crippen LogP contribution is 2.23. The van der Waals surface area contributed by atoms with Gasteiger partial charge in [-0.15, -0.1) is 0 Å². The van der Waals surface area contributed by atoms with E-state index in [-0.39, 0.29) is 37.7 Å².